The first-order valence-electron chi connectivity index (χ1n) is 7.13. The third-order valence-corrected chi connectivity index (χ3v) is 4.68. The van der Waals surface area contributed by atoms with Crippen molar-refractivity contribution in [3.63, 3.8) is 0 Å². The fraction of sp³-hybridized carbons (Fsp3) is 0.533. The number of nitrogens with one attached hydrogen (secondary N) is 1. The Kier molecular flexibility index (Phi) is 5.97. The molecule has 1 saturated heterocycles. The largest absolute Gasteiger partial charge is 0.373 e. The van der Waals surface area contributed by atoms with Crippen LogP contribution in [0, 0.1) is 0 Å². The van der Waals surface area contributed by atoms with Crippen LogP contribution in [0.25, 0.3) is 0 Å². The minimum absolute atomic E-state index is 0.104. The maximum absolute atomic E-state index is 12.4. The number of morpholine rings is 1. The summed E-state index contributed by atoms with van der Waals surface area (Å²) >= 11 is 17.9. The van der Waals surface area contributed by atoms with E-state index < -0.39 is 0 Å². The van der Waals surface area contributed by atoms with Crippen molar-refractivity contribution in [2.45, 2.75) is 39.0 Å². The van der Waals surface area contributed by atoms with E-state index in [2.05, 4.69) is 10.2 Å². The summed E-state index contributed by atoms with van der Waals surface area (Å²) in [6.07, 6.45) is 0.208. The highest BCUT2D eigenvalue weighted by Gasteiger charge is 2.29. The van der Waals surface area contributed by atoms with Gasteiger partial charge in [-0.2, -0.15) is 0 Å². The summed E-state index contributed by atoms with van der Waals surface area (Å²) in [6.45, 7) is 7.31. The number of rotatable bonds is 3. The Morgan fingerprint density at radius 1 is 1.18 bits per heavy atom. The van der Waals surface area contributed by atoms with Crippen molar-refractivity contribution in [1.82, 2.24) is 4.90 Å². The molecule has 0 aromatic heterocycles. The third-order valence-electron chi connectivity index (χ3n) is 3.64. The Labute approximate surface area is 145 Å². The molecule has 1 aromatic rings. The zero-order chi connectivity index (χ0) is 16.4. The summed E-state index contributed by atoms with van der Waals surface area (Å²) in [6, 6.07) is 2.78. The highest BCUT2D eigenvalue weighted by Crippen LogP contribution is 2.32. The molecule has 0 spiro atoms. The molecule has 1 aliphatic heterocycles. The zero-order valence-corrected chi connectivity index (χ0v) is 15.0. The monoisotopic (exact) mass is 364 g/mol. The van der Waals surface area contributed by atoms with Crippen LogP contribution >= 0.6 is 34.8 Å². The van der Waals surface area contributed by atoms with Crippen LogP contribution in [0.4, 0.5) is 5.69 Å². The topological polar surface area (TPSA) is 41.6 Å². The van der Waals surface area contributed by atoms with Gasteiger partial charge in [-0.3, -0.25) is 9.69 Å². The highest BCUT2D eigenvalue weighted by atomic mass is 35.5. The molecule has 2 rings (SSSR count). The van der Waals surface area contributed by atoms with Crippen molar-refractivity contribution in [3.05, 3.63) is 27.2 Å². The van der Waals surface area contributed by atoms with E-state index in [1.54, 1.807) is 6.07 Å². The second-order valence-electron chi connectivity index (χ2n) is 5.62. The van der Waals surface area contributed by atoms with Crippen LogP contribution in [0.2, 0.25) is 15.1 Å². The standard InChI is InChI=1S/C15H19Cl3N2O2/c1-8-6-20(7-9(2)22-8)10(3)15(21)19-14-5-12(17)11(16)4-13(14)18/h4-5,8-10H,6-7H2,1-3H3,(H,19,21). The SMILES string of the molecule is CC1CN(C(C)C(=O)Nc2cc(Cl)c(Cl)cc2Cl)CC(C)O1. The van der Waals surface area contributed by atoms with E-state index in [9.17, 15) is 4.79 Å². The molecule has 0 radical (unpaired) electrons. The number of nitrogens with zero attached hydrogens (tertiary/aromatic N) is 1. The maximum atomic E-state index is 12.4. The van der Waals surface area contributed by atoms with Crippen molar-refractivity contribution >= 4 is 46.4 Å². The van der Waals surface area contributed by atoms with Crippen molar-refractivity contribution in [3.8, 4) is 0 Å². The molecule has 1 fully saturated rings. The van der Waals surface area contributed by atoms with Gasteiger partial charge in [-0.15, -0.1) is 0 Å². The summed E-state index contributed by atoms with van der Waals surface area (Å²) in [5.41, 5.74) is 0.460. The Hall–Kier alpha value is -0.520. The molecule has 0 aliphatic carbocycles. The second-order valence-corrected chi connectivity index (χ2v) is 6.84. The van der Waals surface area contributed by atoms with Gasteiger partial charge in [-0.1, -0.05) is 34.8 Å². The molecular formula is C15H19Cl3N2O2. The van der Waals surface area contributed by atoms with Gasteiger partial charge in [0, 0.05) is 13.1 Å². The molecular weight excluding hydrogens is 347 g/mol. The Morgan fingerprint density at radius 2 is 1.73 bits per heavy atom. The van der Waals surface area contributed by atoms with Crippen molar-refractivity contribution < 1.29 is 9.53 Å². The van der Waals surface area contributed by atoms with Gasteiger partial charge in [0.1, 0.15) is 0 Å². The number of ether oxygens (including phenoxy) is 1. The number of anilines is 1. The van der Waals surface area contributed by atoms with Gasteiger partial charge in [-0.05, 0) is 32.9 Å². The number of hydrogen-bond acceptors (Lipinski definition) is 3. The first-order valence-corrected chi connectivity index (χ1v) is 8.26. The van der Waals surface area contributed by atoms with Crippen LogP contribution < -0.4 is 5.32 Å². The minimum Gasteiger partial charge on any atom is -0.373 e. The molecule has 1 amide bonds. The van der Waals surface area contributed by atoms with Gasteiger partial charge < -0.3 is 10.1 Å². The minimum atomic E-state index is -0.292. The summed E-state index contributed by atoms with van der Waals surface area (Å²) in [7, 11) is 0. The maximum Gasteiger partial charge on any atom is 0.241 e. The fourth-order valence-corrected chi connectivity index (χ4v) is 3.15. The van der Waals surface area contributed by atoms with Crippen LogP contribution in [-0.2, 0) is 9.53 Å². The molecule has 3 atom stereocenters. The van der Waals surface area contributed by atoms with E-state index in [1.165, 1.54) is 6.07 Å². The third kappa shape index (κ3) is 4.27. The summed E-state index contributed by atoms with van der Waals surface area (Å²) in [5, 5.41) is 3.87. The quantitative estimate of drug-likeness (QED) is 0.821. The Balaban J connectivity index is 2.07. The molecule has 7 heteroatoms. The molecule has 4 nitrogen and oxygen atoms in total. The lowest BCUT2D eigenvalue weighted by molar-refractivity contribution is -0.126. The number of carbonyl (C=O) groups is 1. The lowest BCUT2D eigenvalue weighted by Crippen LogP contribution is -2.52. The van der Waals surface area contributed by atoms with Crippen LogP contribution in [0.3, 0.4) is 0 Å². The fourth-order valence-electron chi connectivity index (χ4n) is 2.56. The van der Waals surface area contributed by atoms with Crippen LogP contribution in [0.15, 0.2) is 12.1 Å². The van der Waals surface area contributed by atoms with Crippen molar-refractivity contribution in [1.29, 1.82) is 0 Å². The molecule has 0 saturated carbocycles. The lowest BCUT2D eigenvalue weighted by atomic mass is 10.1. The predicted octanol–water partition coefficient (Wildman–Crippen LogP) is 4.08. The van der Waals surface area contributed by atoms with Gasteiger partial charge in [0.25, 0.3) is 0 Å². The van der Waals surface area contributed by atoms with Crippen LogP contribution in [-0.4, -0.2) is 42.1 Å². The van der Waals surface area contributed by atoms with E-state index in [0.717, 1.165) is 0 Å². The Morgan fingerprint density at radius 3 is 2.32 bits per heavy atom. The van der Waals surface area contributed by atoms with Gasteiger partial charge in [0.05, 0.1) is 39.0 Å². The highest BCUT2D eigenvalue weighted by molar-refractivity contribution is 6.44. The Bertz CT molecular complexity index is 558. The molecule has 0 bridgehead atoms. The first-order chi connectivity index (χ1) is 10.3. The second kappa shape index (κ2) is 7.37. The smallest absolute Gasteiger partial charge is 0.241 e. The normalized spacial score (nSPS) is 24.1. The molecule has 1 heterocycles. The van der Waals surface area contributed by atoms with Crippen LogP contribution in [0.1, 0.15) is 20.8 Å². The number of carbonyl (C=O) groups excluding carboxylic acids is 1. The van der Waals surface area contributed by atoms with Gasteiger partial charge in [-0.25, -0.2) is 0 Å². The zero-order valence-electron chi connectivity index (χ0n) is 12.7. The molecule has 22 heavy (non-hydrogen) atoms. The predicted molar refractivity (Wildman–Crippen MR) is 91.1 cm³/mol. The van der Waals surface area contributed by atoms with E-state index in [0.29, 0.717) is 33.8 Å². The van der Waals surface area contributed by atoms with Gasteiger partial charge in [0.2, 0.25) is 5.91 Å². The number of benzene rings is 1. The first kappa shape index (κ1) is 17.8. The summed E-state index contributed by atoms with van der Waals surface area (Å²) in [4.78, 5) is 14.5. The molecule has 1 aromatic carbocycles. The van der Waals surface area contributed by atoms with E-state index in [4.69, 9.17) is 39.5 Å². The van der Waals surface area contributed by atoms with E-state index >= 15 is 0 Å². The molecule has 1 N–H and O–H groups in total. The van der Waals surface area contributed by atoms with Crippen molar-refractivity contribution in [2.24, 2.45) is 0 Å². The lowest BCUT2D eigenvalue weighted by Gasteiger charge is -2.38. The van der Waals surface area contributed by atoms with Crippen LogP contribution in [0.5, 0.6) is 0 Å². The number of halogens is 3. The average Bonchev–Trinajstić information content (AvgIpc) is 2.42. The number of hydrogen-bond donors (Lipinski definition) is 1. The van der Waals surface area contributed by atoms with Gasteiger partial charge >= 0.3 is 0 Å². The molecule has 3 unspecified atom stereocenters. The summed E-state index contributed by atoms with van der Waals surface area (Å²) < 4.78 is 5.69. The van der Waals surface area contributed by atoms with E-state index in [1.807, 2.05) is 20.8 Å². The average molecular weight is 366 g/mol. The van der Waals surface area contributed by atoms with Crippen molar-refractivity contribution in [2.75, 3.05) is 18.4 Å². The van der Waals surface area contributed by atoms with Gasteiger partial charge in [0.15, 0.2) is 0 Å². The molecule has 1 aliphatic rings. The van der Waals surface area contributed by atoms with E-state index in [-0.39, 0.29) is 24.2 Å². The summed E-state index contributed by atoms with van der Waals surface area (Å²) in [5.74, 6) is -0.137. The molecule has 122 valence electrons. The number of amides is 1.